The Bertz CT molecular complexity index is 306. The summed E-state index contributed by atoms with van der Waals surface area (Å²) in [6, 6.07) is 9.20. The average Bonchev–Trinajstić information content (AvgIpc) is 2.30. The summed E-state index contributed by atoms with van der Waals surface area (Å²) in [5.74, 6) is 0.140. The first kappa shape index (κ1) is 11.4. The SMILES string of the molecule is O=COCCCCC(=O)c1ccccc1. The zero-order valence-electron chi connectivity index (χ0n) is 8.52. The summed E-state index contributed by atoms with van der Waals surface area (Å²) < 4.78 is 4.53. The summed E-state index contributed by atoms with van der Waals surface area (Å²) in [7, 11) is 0. The molecule has 1 aromatic rings. The number of carbonyl (C=O) groups excluding carboxylic acids is 2. The summed E-state index contributed by atoms with van der Waals surface area (Å²) in [5.41, 5.74) is 0.744. The van der Waals surface area contributed by atoms with Crippen molar-refractivity contribution in [1.82, 2.24) is 0 Å². The van der Waals surface area contributed by atoms with E-state index in [0.717, 1.165) is 18.4 Å². The highest BCUT2D eigenvalue weighted by atomic mass is 16.5. The van der Waals surface area contributed by atoms with Crippen molar-refractivity contribution in [2.24, 2.45) is 0 Å². The van der Waals surface area contributed by atoms with Crippen LogP contribution in [-0.2, 0) is 9.53 Å². The van der Waals surface area contributed by atoms with Crippen LogP contribution in [-0.4, -0.2) is 18.9 Å². The molecule has 0 saturated carbocycles. The number of hydrogen-bond acceptors (Lipinski definition) is 3. The summed E-state index contributed by atoms with van der Waals surface area (Å²) in [5, 5.41) is 0. The van der Waals surface area contributed by atoms with Crippen molar-refractivity contribution in [1.29, 1.82) is 0 Å². The number of ketones is 1. The van der Waals surface area contributed by atoms with Crippen molar-refractivity contribution in [3.8, 4) is 0 Å². The molecule has 80 valence electrons. The van der Waals surface area contributed by atoms with Crippen molar-refractivity contribution in [2.45, 2.75) is 19.3 Å². The molecule has 3 heteroatoms. The number of carbonyl (C=O) groups is 2. The number of Topliss-reactive ketones (excluding diaryl/α,β-unsaturated/α-hetero) is 1. The van der Waals surface area contributed by atoms with E-state index in [4.69, 9.17) is 0 Å². The van der Waals surface area contributed by atoms with Crippen LogP contribution >= 0.6 is 0 Å². The fourth-order valence-corrected chi connectivity index (χ4v) is 1.29. The van der Waals surface area contributed by atoms with Crippen LogP contribution in [0.25, 0.3) is 0 Å². The minimum absolute atomic E-state index is 0.140. The highest BCUT2D eigenvalue weighted by Gasteiger charge is 2.03. The Morgan fingerprint density at radius 1 is 1.20 bits per heavy atom. The number of benzene rings is 1. The highest BCUT2D eigenvalue weighted by Crippen LogP contribution is 2.06. The van der Waals surface area contributed by atoms with Crippen LogP contribution < -0.4 is 0 Å². The van der Waals surface area contributed by atoms with Gasteiger partial charge < -0.3 is 4.74 Å². The first-order chi connectivity index (χ1) is 7.34. The Morgan fingerprint density at radius 2 is 1.93 bits per heavy atom. The van der Waals surface area contributed by atoms with E-state index in [-0.39, 0.29) is 5.78 Å². The molecule has 0 heterocycles. The molecule has 0 bridgehead atoms. The molecule has 0 aliphatic rings. The molecule has 3 nitrogen and oxygen atoms in total. The molecular weight excluding hydrogens is 192 g/mol. The second-order valence-electron chi connectivity index (χ2n) is 3.21. The van der Waals surface area contributed by atoms with E-state index in [2.05, 4.69) is 4.74 Å². The van der Waals surface area contributed by atoms with Gasteiger partial charge in [0, 0.05) is 12.0 Å². The molecule has 0 atom stereocenters. The lowest BCUT2D eigenvalue weighted by molar-refractivity contribution is -0.128. The fraction of sp³-hybridized carbons (Fsp3) is 0.333. The van der Waals surface area contributed by atoms with Crippen LogP contribution in [0.15, 0.2) is 30.3 Å². The molecule has 0 aliphatic heterocycles. The van der Waals surface area contributed by atoms with Gasteiger partial charge in [-0.05, 0) is 12.8 Å². The average molecular weight is 206 g/mol. The van der Waals surface area contributed by atoms with E-state index >= 15 is 0 Å². The van der Waals surface area contributed by atoms with Gasteiger partial charge >= 0.3 is 0 Å². The highest BCUT2D eigenvalue weighted by molar-refractivity contribution is 5.95. The smallest absolute Gasteiger partial charge is 0.293 e. The largest absolute Gasteiger partial charge is 0.468 e. The van der Waals surface area contributed by atoms with E-state index in [1.807, 2.05) is 30.3 Å². The summed E-state index contributed by atoms with van der Waals surface area (Å²) in [6.07, 6.45) is 1.99. The van der Waals surface area contributed by atoms with Crippen LogP contribution in [0.2, 0.25) is 0 Å². The maximum atomic E-state index is 11.6. The van der Waals surface area contributed by atoms with Crippen LogP contribution in [0.4, 0.5) is 0 Å². The maximum Gasteiger partial charge on any atom is 0.293 e. The van der Waals surface area contributed by atoms with E-state index in [0.29, 0.717) is 19.5 Å². The van der Waals surface area contributed by atoms with E-state index in [1.54, 1.807) is 0 Å². The zero-order valence-corrected chi connectivity index (χ0v) is 8.52. The van der Waals surface area contributed by atoms with Gasteiger partial charge in [0.15, 0.2) is 5.78 Å². The van der Waals surface area contributed by atoms with Gasteiger partial charge in [-0.1, -0.05) is 30.3 Å². The zero-order chi connectivity index (χ0) is 10.9. The van der Waals surface area contributed by atoms with Gasteiger partial charge in [-0.3, -0.25) is 9.59 Å². The third-order valence-electron chi connectivity index (χ3n) is 2.08. The monoisotopic (exact) mass is 206 g/mol. The molecule has 1 rings (SSSR count). The Balaban J connectivity index is 2.22. The lowest BCUT2D eigenvalue weighted by Gasteiger charge is -2.00. The van der Waals surface area contributed by atoms with Crippen molar-refractivity contribution in [3.63, 3.8) is 0 Å². The molecule has 1 aromatic carbocycles. The van der Waals surface area contributed by atoms with Gasteiger partial charge in [-0.25, -0.2) is 0 Å². The Labute approximate surface area is 89.1 Å². The molecule has 15 heavy (non-hydrogen) atoms. The first-order valence-corrected chi connectivity index (χ1v) is 4.98. The van der Waals surface area contributed by atoms with Gasteiger partial charge in [0.05, 0.1) is 6.61 Å². The van der Waals surface area contributed by atoms with Gasteiger partial charge in [-0.15, -0.1) is 0 Å². The molecule has 0 unspecified atom stereocenters. The number of unbranched alkanes of at least 4 members (excludes halogenated alkanes) is 1. The predicted octanol–water partition coefficient (Wildman–Crippen LogP) is 2.21. The first-order valence-electron chi connectivity index (χ1n) is 4.98. The molecule has 0 amide bonds. The predicted molar refractivity (Wildman–Crippen MR) is 56.6 cm³/mol. The van der Waals surface area contributed by atoms with Gasteiger partial charge in [0.2, 0.25) is 0 Å². The van der Waals surface area contributed by atoms with E-state index in [1.165, 1.54) is 0 Å². The molecule has 0 N–H and O–H groups in total. The minimum Gasteiger partial charge on any atom is -0.468 e. The summed E-state index contributed by atoms with van der Waals surface area (Å²) >= 11 is 0. The van der Waals surface area contributed by atoms with Gasteiger partial charge in [0.25, 0.3) is 6.47 Å². The van der Waals surface area contributed by atoms with Gasteiger partial charge in [-0.2, -0.15) is 0 Å². The third-order valence-corrected chi connectivity index (χ3v) is 2.08. The molecule has 0 radical (unpaired) electrons. The number of ether oxygens (including phenoxy) is 1. The van der Waals surface area contributed by atoms with Crippen LogP contribution in [0.5, 0.6) is 0 Å². The standard InChI is InChI=1S/C12H14O3/c13-10-15-9-5-4-8-12(14)11-6-2-1-3-7-11/h1-3,6-7,10H,4-5,8-9H2. The lowest BCUT2D eigenvalue weighted by Crippen LogP contribution is -2.00. The maximum absolute atomic E-state index is 11.6. The molecule has 0 spiro atoms. The van der Waals surface area contributed by atoms with Crippen LogP contribution in [0.3, 0.4) is 0 Å². The van der Waals surface area contributed by atoms with Crippen LogP contribution in [0.1, 0.15) is 29.6 Å². The normalized spacial score (nSPS) is 9.60. The molecule has 0 saturated heterocycles. The topological polar surface area (TPSA) is 43.4 Å². The lowest BCUT2D eigenvalue weighted by atomic mass is 10.1. The van der Waals surface area contributed by atoms with E-state index < -0.39 is 0 Å². The number of rotatable bonds is 7. The Hall–Kier alpha value is -1.64. The fourth-order valence-electron chi connectivity index (χ4n) is 1.29. The van der Waals surface area contributed by atoms with Crippen molar-refractivity contribution in [2.75, 3.05) is 6.61 Å². The van der Waals surface area contributed by atoms with Crippen molar-refractivity contribution < 1.29 is 14.3 Å². The quantitative estimate of drug-likeness (QED) is 0.390. The van der Waals surface area contributed by atoms with Gasteiger partial charge in [0.1, 0.15) is 0 Å². The molecule has 0 aromatic heterocycles. The molecule has 0 aliphatic carbocycles. The minimum atomic E-state index is 0.140. The third kappa shape index (κ3) is 4.40. The number of hydrogen-bond donors (Lipinski definition) is 0. The summed E-state index contributed by atoms with van der Waals surface area (Å²) in [4.78, 5) is 21.4. The Morgan fingerprint density at radius 3 is 2.60 bits per heavy atom. The van der Waals surface area contributed by atoms with Crippen molar-refractivity contribution in [3.05, 3.63) is 35.9 Å². The Kier molecular flexibility index (Phi) is 5.15. The molecule has 0 fully saturated rings. The van der Waals surface area contributed by atoms with Crippen LogP contribution in [0, 0.1) is 0 Å². The molecular formula is C12H14O3. The van der Waals surface area contributed by atoms with E-state index in [9.17, 15) is 9.59 Å². The second kappa shape index (κ2) is 6.76. The second-order valence-corrected chi connectivity index (χ2v) is 3.21. The van der Waals surface area contributed by atoms with Crippen molar-refractivity contribution >= 4 is 12.3 Å². The summed E-state index contributed by atoms with van der Waals surface area (Å²) in [6.45, 7) is 0.824.